The molecule has 2 unspecified atom stereocenters. The Bertz CT molecular complexity index is 468. The molecule has 0 spiro atoms. The van der Waals surface area contributed by atoms with Crippen molar-refractivity contribution in [1.29, 1.82) is 0 Å². The second-order valence-corrected chi connectivity index (χ2v) is 5.16. The molecule has 0 aliphatic carbocycles. The largest absolute Gasteiger partial charge is 0.417 e. The van der Waals surface area contributed by atoms with Crippen molar-refractivity contribution in [2.75, 3.05) is 0 Å². The van der Waals surface area contributed by atoms with Crippen molar-refractivity contribution in [3.8, 4) is 0 Å². The Labute approximate surface area is 115 Å². The fraction of sp³-hybridized carbons (Fsp3) is 0.500. The van der Waals surface area contributed by atoms with E-state index < -0.39 is 23.4 Å². The van der Waals surface area contributed by atoms with Crippen LogP contribution in [0.4, 0.5) is 13.2 Å². The van der Waals surface area contributed by atoms with Crippen LogP contribution < -0.4 is 0 Å². The Hall–Kier alpha value is -1.03. The molecule has 0 radical (unpaired) electrons. The standard InChI is InChI=1S/C14H16ClF3O/c1-4-8(2)9(3)13(19)11-6-5-10(15)7-12(11)14(16,17)18/h5-9H,4H2,1-3H3. The van der Waals surface area contributed by atoms with E-state index in [1.165, 1.54) is 6.07 Å². The fourth-order valence-corrected chi connectivity index (χ4v) is 2.00. The predicted octanol–water partition coefficient (Wildman–Crippen LogP) is 5.22. The Morgan fingerprint density at radius 1 is 1.32 bits per heavy atom. The summed E-state index contributed by atoms with van der Waals surface area (Å²) in [5.74, 6) is -0.908. The first kappa shape index (κ1) is 16.0. The van der Waals surface area contributed by atoms with E-state index in [4.69, 9.17) is 11.6 Å². The number of alkyl halides is 3. The molecular weight excluding hydrogens is 277 g/mol. The molecule has 0 saturated heterocycles. The maximum atomic E-state index is 12.9. The lowest BCUT2D eigenvalue weighted by Gasteiger charge is -2.19. The van der Waals surface area contributed by atoms with E-state index in [0.717, 1.165) is 18.6 Å². The van der Waals surface area contributed by atoms with Crippen molar-refractivity contribution in [2.24, 2.45) is 11.8 Å². The van der Waals surface area contributed by atoms with Crippen LogP contribution >= 0.6 is 11.6 Å². The van der Waals surface area contributed by atoms with Gasteiger partial charge in [0, 0.05) is 16.5 Å². The number of rotatable bonds is 4. The number of carbonyl (C=O) groups excluding carboxylic acids is 1. The van der Waals surface area contributed by atoms with E-state index in [2.05, 4.69) is 0 Å². The van der Waals surface area contributed by atoms with Crippen LogP contribution in [0.5, 0.6) is 0 Å². The highest BCUT2D eigenvalue weighted by atomic mass is 35.5. The minimum absolute atomic E-state index is 0.0277. The van der Waals surface area contributed by atoms with Crippen LogP contribution in [0.25, 0.3) is 0 Å². The fourth-order valence-electron chi connectivity index (χ4n) is 1.82. The summed E-state index contributed by atoms with van der Waals surface area (Å²) in [6, 6.07) is 3.28. The van der Waals surface area contributed by atoms with Crippen LogP contribution in [0.1, 0.15) is 43.1 Å². The summed E-state index contributed by atoms with van der Waals surface area (Å²) in [5.41, 5.74) is -1.26. The lowest BCUT2D eigenvalue weighted by molar-refractivity contribution is -0.137. The number of hydrogen-bond donors (Lipinski definition) is 0. The number of benzene rings is 1. The summed E-state index contributed by atoms with van der Waals surface area (Å²) in [5, 5.41) is -0.0277. The minimum Gasteiger partial charge on any atom is -0.294 e. The Morgan fingerprint density at radius 3 is 2.37 bits per heavy atom. The highest BCUT2D eigenvalue weighted by Crippen LogP contribution is 2.35. The van der Waals surface area contributed by atoms with Gasteiger partial charge in [0.05, 0.1) is 5.56 Å². The van der Waals surface area contributed by atoms with Crippen molar-refractivity contribution in [3.05, 3.63) is 34.3 Å². The van der Waals surface area contributed by atoms with Crippen LogP contribution in [-0.4, -0.2) is 5.78 Å². The smallest absolute Gasteiger partial charge is 0.294 e. The van der Waals surface area contributed by atoms with E-state index >= 15 is 0 Å². The zero-order chi connectivity index (χ0) is 14.8. The van der Waals surface area contributed by atoms with Gasteiger partial charge in [-0.1, -0.05) is 38.8 Å². The molecule has 0 amide bonds. The first-order valence-corrected chi connectivity index (χ1v) is 6.47. The van der Waals surface area contributed by atoms with Gasteiger partial charge in [-0.3, -0.25) is 4.79 Å². The van der Waals surface area contributed by atoms with Gasteiger partial charge >= 0.3 is 6.18 Å². The molecule has 19 heavy (non-hydrogen) atoms. The van der Waals surface area contributed by atoms with E-state index in [-0.39, 0.29) is 16.5 Å². The zero-order valence-electron chi connectivity index (χ0n) is 11.0. The number of carbonyl (C=O) groups is 1. The first-order chi connectivity index (χ1) is 8.68. The Kier molecular flexibility index (Phi) is 5.02. The summed E-state index contributed by atoms with van der Waals surface area (Å²) in [6.07, 6.45) is -3.84. The summed E-state index contributed by atoms with van der Waals surface area (Å²) in [7, 11) is 0. The number of ketones is 1. The molecule has 0 saturated carbocycles. The van der Waals surface area contributed by atoms with Gasteiger partial charge in [0.2, 0.25) is 0 Å². The van der Waals surface area contributed by atoms with Crippen molar-refractivity contribution in [3.63, 3.8) is 0 Å². The SMILES string of the molecule is CCC(C)C(C)C(=O)c1ccc(Cl)cc1C(F)(F)F. The molecule has 5 heteroatoms. The van der Waals surface area contributed by atoms with Crippen LogP contribution in [0.15, 0.2) is 18.2 Å². The third kappa shape index (κ3) is 3.72. The van der Waals surface area contributed by atoms with Crippen molar-refractivity contribution in [2.45, 2.75) is 33.4 Å². The Balaban J connectivity index is 3.24. The summed E-state index contributed by atoms with van der Waals surface area (Å²) >= 11 is 5.59. The molecule has 0 aliphatic heterocycles. The van der Waals surface area contributed by atoms with Gasteiger partial charge in [-0.15, -0.1) is 0 Å². The van der Waals surface area contributed by atoms with Gasteiger partial charge in [-0.05, 0) is 24.1 Å². The molecule has 1 aromatic carbocycles. The third-order valence-corrected chi connectivity index (χ3v) is 3.70. The molecule has 0 heterocycles. The van der Waals surface area contributed by atoms with Crippen LogP contribution in [-0.2, 0) is 6.18 Å². The molecule has 1 nitrogen and oxygen atoms in total. The van der Waals surface area contributed by atoms with Crippen LogP contribution in [0.2, 0.25) is 5.02 Å². The monoisotopic (exact) mass is 292 g/mol. The van der Waals surface area contributed by atoms with Crippen molar-refractivity contribution in [1.82, 2.24) is 0 Å². The molecule has 1 aromatic rings. The predicted molar refractivity (Wildman–Crippen MR) is 69.4 cm³/mol. The average Bonchev–Trinajstić information content (AvgIpc) is 2.35. The van der Waals surface area contributed by atoms with Gasteiger partial charge in [0.25, 0.3) is 0 Å². The summed E-state index contributed by atoms with van der Waals surface area (Å²) in [4.78, 5) is 12.2. The number of hydrogen-bond acceptors (Lipinski definition) is 1. The molecule has 0 bridgehead atoms. The maximum absolute atomic E-state index is 12.9. The molecule has 1 rings (SSSR count). The molecule has 106 valence electrons. The molecule has 0 aliphatic rings. The summed E-state index contributed by atoms with van der Waals surface area (Å²) < 4.78 is 38.8. The summed E-state index contributed by atoms with van der Waals surface area (Å²) in [6.45, 7) is 5.41. The second kappa shape index (κ2) is 5.95. The zero-order valence-corrected chi connectivity index (χ0v) is 11.8. The molecule has 0 N–H and O–H groups in total. The van der Waals surface area contributed by atoms with Gasteiger partial charge in [0.1, 0.15) is 0 Å². The van der Waals surface area contributed by atoms with E-state index in [9.17, 15) is 18.0 Å². The lowest BCUT2D eigenvalue weighted by Crippen LogP contribution is -2.22. The molecular formula is C14H16ClF3O. The molecule has 0 fully saturated rings. The van der Waals surface area contributed by atoms with Crippen molar-refractivity contribution >= 4 is 17.4 Å². The molecule has 0 aromatic heterocycles. The quantitative estimate of drug-likeness (QED) is 0.695. The first-order valence-electron chi connectivity index (χ1n) is 6.09. The maximum Gasteiger partial charge on any atom is 0.417 e. The van der Waals surface area contributed by atoms with Crippen LogP contribution in [0.3, 0.4) is 0 Å². The van der Waals surface area contributed by atoms with E-state index in [1.54, 1.807) is 6.92 Å². The van der Waals surface area contributed by atoms with Gasteiger partial charge in [-0.25, -0.2) is 0 Å². The van der Waals surface area contributed by atoms with E-state index in [1.807, 2.05) is 13.8 Å². The normalized spacial score (nSPS) is 15.1. The third-order valence-electron chi connectivity index (χ3n) is 3.46. The average molecular weight is 293 g/mol. The number of halogens is 4. The topological polar surface area (TPSA) is 17.1 Å². The number of Topliss-reactive ketones (excluding diaryl/α,β-unsaturated/α-hetero) is 1. The highest BCUT2D eigenvalue weighted by molar-refractivity contribution is 6.30. The molecule has 2 atom stereocenters. The lowest BCUT2D eigenvalue weighted by atomic mass is 9.85. The van der Waals surface area contributed by atoms with Gasteiger partial charge < -0.3 is 0 Å². The van der Waals surface area contributed by atoms with Gasteiger partial charge in [0.15, 0.2) is 5.78 Å². The van der Waals surface area contributed by atoms with E-state index in [0.29, 0.717) is 0 Å². The minimum atomic E-state index is -4.58. The highest BCUT2D eigenvalue weighted by Gasteiger charge is 2.36. The Morgan fingerprint density at radius 2 is 1.89 bits per heavy atom. The van der Waals surface area contributed by atoms with Crippen molar-refractivity contribution < 1.29 is 18.0 Å². The van der Waals surface area contributed by atoms with Crippen LogP contribution in [0, 0.1) is 11.8 Å². The second-order valence-electron chi connectivity index (χ2n) is 4.73. The van der Waals surface area contributed by atoms with Gasteiger partial charge in [-0.2, -0.15) is 13.2 Å².